The van der Waals surface area contributed by atoms with Gasteiger partial charge in [0.05, 0.1) is 28.8 Å². The third kappa shape index (κ3) is 4.19. The van der Waals surface area contributed by atoms with Crippen molar-refractivity contribution in [2.75, 3.05) is 11.8 Å². The summed E-state index contributed by atoms with van der Waals surface area (Å²) in [7, 11) is -2.59. The van der Waals surface area contributed by atoms with Gasteiger partial charge in [-0.3, -0.25) is 9.71 Å². The SMILES string of the molecule is COc1cc(C(F)(F)F)ccc1-c1nccc2cc(S(=O)(=O)Nc3cscn3)ccc12. The van der Waals surface area contributed by atoms with Gasteiger partial charge in [0.15, 0.2) is 5.82 Å². The maximum Gasteiger partial charge on any atom is 0.416 e. The number of alkyl halides is 3. The minimum Gasteiger partial charge on any atom is -0.496 e. The number of thiazole rings is 1. The molecule has 6 nitrogen and oxygen atoms in total. The minimum absolute atomic E-state index is 0.0109. The van der Waals surface area contributed by atoms with Crippen molar-refractivity contribution >= 4 is 38.0 Å². The lowest BCUT2D eigenvalue weighted by Gasteiger charge is -2.14. The molecule has 0 fully saturated rings. The fourth-order valence-electron chi connectivity index (χ4n) is 3.06. The van der Waals surface area contributed by atoms with E-state index in [-0.39, 0.29) is 16.5 Å². The maximum atomic E-state index is 13.0. The zero-order valence-corrected chi connectivity index (χ0v) is 17.5. The molecular formula is C20H14F3N3O3S2. The number of fused-ring (bicyclic) bond motifs is 1. The first-order valence-electron chi connectivity index (χ1n) is 8.74. The molecule has 1 N–H and O–H groups in total. The first kappa shape index (κ1) is 21.1. The average Bonchev–Trinajstić information content (AvgIpc) is 3.24. The van der Waals surface area contributed by atoms with E-state index in [0.717, 1.165) is 12.1 Å². The van der Waals surface area contributed by atoms with Crippen molar-refractivity contribution in [1.82, 2.24) is 9.97 Å². The number of methoxy groups -OCH3 is 1. The molecule has 4 rings (SSSR count). The largest absolute Gasteiger partial charge is 0.496 e. The standard InChI is InChI=1S/C20H14F3N3O3S2/c1-29-17-9-13(20(21,22)23)2-4-16(17)19-15-5-3-14(8-12(15)6-7-24-19)31(27,28)26-18-10-30-11-25-18/h2-11,26H,1H3. The summed E-state index contributed by atoms with van der Waals surface area (Å²) in [4.78, 5) is 8.22. The van der Waals surface area contributed by atoms with Crippen LogP contribution in [0.25, 0.3) is 22.0 Å². The number of nitrogens with zero attached hydrogens (tertiary/aromatic N) is 2. The van der Waals surface area contributed by atoms with Crippen LogP contribution in [0.15, 0.2) is 64.4 Å². The van der Waals surface area contributed by atoms with Crippen molar-refractivity contribution in [3.05, 3.63) is 65.1 Å². The molecule has 0 atom stereocenters. The van der Waals surface area contributed by atoms with Crippen LogP contribution in [0, 0.1) is 0 Å². The van der Waals surface area contributed by atoms with Gasteiger partial charge in [-0.1, -0.05) is 6.07 Å². The van der Waals surface area contributed by atoms with Gasteiger partial charge in [-0.25, -0.2) is 13.4 Å². The Morgan fingerprint density at radius 2 is 1.87 bits per heavy atom. The fraction of sp³-hybridized carbons (Fsp3) is 0.100. The second kappa shape index (κ2) is 7.82. The van der Waals surface area contributed by atoms with Crippen LogP contribution in [0.1, 0.15) is 5.56 Å². The lowest BCUT2D eigenvalue weighted by Crippen LogP contribution is -2.13. The van der Waals surface area contributed by atoms with Gasteiger partial charge in [0.1, 0.15) is 5.75 Å². The molecule has 0 spiro atoms. The highest BCUT2D eigenvalue weighted by molar-refractivity contribution is 7.92. The third-order valence-electron chi connectivity index (χ3n) is 4.50. The van der Waals surface area contributed by atoms with Crippen LogP contribution in [0.2, 0.25) is 0 Å². The van der Waals surface area contributed by atoms with Crippen molar-refractivity contribution < 1.29 is 26.3 Å². The van der Waals surface area contributed by atoms with Crippen LogP contribution in [0.5, 0.6) is 5.75 Å². The van der Waals surface area contributed by atoms with E-state index in [1.165, 1.54) is 48.4 Å². The summed E-state index contributed by atoms with van der Waals surface area (Å²) < 4.78 is 72.0. The number of ether oxygens (including phenoxy) is 1. The smallest absolute Gasteiger partial charge is 0.416 e. The molecule has 0 aliphatic rings. The Kier molecular flexibility index (Phi) is 5.31. The first-order valence-corrected chi connectivity index (χ1v) is 11.2. The van der Waals surface area contributed by atoms with Crippen LogP contribution in [0.4, 0.5) is 19.0 Å². The molecule has 0 radical (unpaired) electrons. The van der Waals surface area contributed by atoms with Gasteiger partial charge in [-0.05, 0) is 41.8 Å². The Labute approximate surface area is 179 Å². The summed E-state index contributed by atoms with van der Waals surface area (Å²) in [6, 6.07) is 9.20. The molecule has 11 heteroatoms. The predicted molar refractivity (Wildman–Crippen MR) is 112 cm³/mol. The van der Waals surface area contributed by atoms with E-state index in [4.69, 9.17) is 4.74 Å². The highest BCUT2D eigenvalue weighted by Crippen LogP contribution is 2.38. The number of hydrogen-bond donors (Lipinski definition) is 1. The summed E-state index contributed by atoms with van der Waals surface area (Å²) in [6.07, 6.45) is -3.05. The molecule has 2 heterocycles. The summed E-state index contributed by atoms with van der Waals surface area (Å²) in [5, 5.41) is 2.68. The highest BCUT2D eigenvalue weighted by atomic mass is 32.2. The van der Waals surface area contributed by atoms with Gasteiger partial charge in [0.25, 0.3) is 10.0 Å². The maximum absolute atomic E-state index is 13.0. The van der Waals surface area contributed by atoms with E-state index < -0.39 is 21.8 Å². The van der Waals surface area contributed by atoms with E-state index in [0.29, 0.717) is 22.0 Å². The van der Waals surface area contributed by atoms with Gasteiger partial charge >= 0.3 is 6.18 Å². The van der Waals surface area contributed by atoms with Crippen LogP contribution in [0.3, 0.4) is 0 Å². The van der Waals surface area contributed by atoms with Gasteiger partial charge in [0, 0.05) is 22.5 Å². The molecule has 0 aliphatic heterocycles. The van der Waals surface area contributed by atoms with Gasteiger partial charge < -0.3 is 4.74 Å². The minimum atomic E-state index is -4.51. The van der Waals surface area contributed by atoms with Gasteiger partial charge in [-0.15, -0.1) is 11.3 Å². The molecule has 0 bridgehead atoms. The van der Waals surface area contributed by atoms with Crippen molar-refractivity contribution in [3.63, 3.8) is 0 Å². The van der Waals surface area contributed by atoms with E-state index in [1.54, 1.807) is 17.5 Å². The third-order valence-corrected chi connectivity index (χ3v) is 6.44. The predicted octanol–water partition coefficient (Wildman–Crippen LogP) is 5.19. The van der Waals surface area contributed by atoms with E-state index in [9.17, 15) is 21.6 Å². The number of hydrogen-bond acceptors (Lipinski definition) is 6. The quantitative estimate of drug-likeness (QED) is 0.439. The van der Waals surface area contributed by atoms with Crippen LogP contribution >= 0.6 is 11.3 Å². The molecular weight excluding hydrogens is 451 g/mol. The fourth-order valence-corrected chi connectivity index (χ4v) is 4.65. The van der Waals surface area contributed by atoms with Crippen molar-refractivity contribution in [2.24, 2.45) is 0 Å². The Morgan fingerprint density at radius 3 is 2.55 bits per heavy atom. The number of benzene rings is 2. The second-order valence-electron chi connectivity index (χ2n) is 6.43. The Hall–Kier alpha value is -3.18. The number of sulfonamides is 1. The Balaban J connectivity index is 1.79. The average molecular weight is 465 g/mol. The van der Waals surface area contributed by atoms with E-state index in [2.05, 4.69) is 14.7 Å². The van der Waals surface area contributed by atoms with Crippen LogP contribution < -0.4 is 9.46 Å². The van der Waals surface area contributed by atoms with Crippen LogP contribution in [-0.2, 0) is 16.2 Å². The zero-order valence-electron chi connectivity index (χ0n) is 15.8. The normalized spacial score (nSPS) is 12.1. The molecule has 0 saturated carbocycles. The zero-order chi connectivity index (χ0) is 22.2. The molecule has 0 saturated heterocycles. The lowest BCUT2D eigenvalue weighted by atomic mass is 10.0. The van der Waals surface area contributed by atoms with E-state index in [1.807, 2.05) is 0 Å². The van der Waals surface area contributed by atoms with Crippen LogP contribution in [-0.4, -0.2) is 25.5 Å². The topological polar surface area (TPSA) is 81.2 Å². The number of halogens is 3. The Bertz CT molecular complexity index is 1360. The number of rotatable bonds is 5. The first-order chi connectivity index (χ1) is 14.7. The number of nitrogens with one attached hydrogen (secondary N) is 1. The Morgan fingerprint density at radius 1 is 1.06 bits per heavy atom. The monoisotopic (exact) mass is 465 g/mol. The second-order valence-corrected chi connectivity index (χ2v) is 8.84. The summed E-state index contributed by atoms with van der Waals surface area (Å²) in [6.45, 7) is 0. The molecule has 4 aromatic rings. The molecule has 160 valence electrons. The molecule has 0 amide bonds. The highest BCUT2D eigenvalue weighted by Gasteiger charge is 2.31. The number of pyridine rings is 1. The lowest BCUT2D eigenvalue weighted by molar-refractivity contribution is -0.137. The molecule has 2 aromatic carbocycles. The molecule has 31 heavy (non-hydrogen) atoms. The number of anilines is 1. The number of aromatic nitrogens is 2. The van der Waals surface area contributed by atoms with Crippen molar-refractivity contribution in [1.29, 1.82) is 0 Å². The van der Waals surface area contributed by atoms with Crippen molar-refractivity contribution in [3.8, 4) is 17.0 Å². The van der Waals surface area contributed by atoms with Gasteiger partial charge in [0.2, 0.25) is 0 Å². The molecule has 0 aliphatic carbocycles. The molecule has 0 unspecified atom stereocenters. The summed E-state index contributed by atoms with van der Waals surface area (Å²) >= 11 is 1.25. The summed E-state index contributed by atoms with van der Waals surface area (Å²) in [5.41, 5.74) is 1.40. The summed E-state index contributed by atoms with van der Waals surface area (Å²) in [5.74, 6) is 0.228. The van der Waals surface area contributed by atoms with Gasteiger partial charge in [-0.2, -0.15) is 13.2 Å². The molecule has 2 aromatic heterocycles. The van der Waals surface area contributed by atoms with Crippen molar-refractivity contribution in [2.45, 2.75) is 11.1 Å². The van der Waals surface area contributed by atoms with E-state index >= 15 is 0 Å².